The zero-order valence-corrected chi connectivity index (χ0v) is 20.2. The number of carbonyl (C=O) groups excluding carboxylic acids is 1. The number of anilines is 1. The molecule has 0 saturated heterocycles. The number of hydrogen-bond acceptors (Lipinski definition) is 5. The number of amides is 1. The van der Waals surface area contributed by atoms with E-state index in [2.05, 4.69) is 15.5 Å². The Morgan fingerprint density at radius 2 is 1.74 bits per heavy atom. The molecule has 0 aliphatic carbocycles. The molecule has 10 heteroatoms. The molecule has 0 aliphatic rings. The molecule has 0 bridgehead atoms. The molecular formula is C24H19Cl2FN4O2S. The number of nitrogens with one attached hydrogen (secondary N) is 1. The van der Waals surface area contributed by atoms with Crippen molar-refractivity contribution in [2.24, 2.45) is 0 Å². The Hall–Kier alpha value is -3.07. The first-order valence-electron chi connectivity index (χ1n) is 10.2. The van der Waals surface area contributed by atoms with Gasteiger partial charge in [-0.1, -0.05) is 65.3 Å². The predicted octanol–water partition coefficient (Wildman–Crippen LogP) is 6.58. The summed E-state index contributed by atoms with van der Waals surface area (Å²) >= 11 is 13.2. The summed E-state index contributed by atoms with van der Waals surface area (Å²) in [6, 6.07) is 20.4. The van der Waals surface area contributed by atoms with E-state index in [-0.39, 0.29) is 17.4 Å². The molecule has 3 aromatic carbocycles. The summed E-state index contributed by atoms with van der Waals surface area (Å²) in [4.78, 5) is 12.5. The lowest BCUT2D eigenvalue weighted by molar-refractivity contribution is -0.113. The van der Waals surface area contributed by atoms with Gasteiger partial charge in [-0.2, -0.15) is 0 Å². The van der Waals surface area contributed by atoms with Crippen molar-refractivity contribution >= 4 is 46.6 Å². The predicted molar refractivity (Wildman–Crippen MR) is 133 cm³/mol. The molecule has 1 aromatic heterocycles. The van der Waals surface area contributed by atoms with Gasteiger partial charge >= 0.3 is 0 Å². The molecule has 4 aromatic rings. The van der Waals surface area contributed by atoms with Crippen molar-refractivity contribution in [3.8, 4) is 11.4 Å². The van der Waals surface area contributed by atoms with E-state index in [9.17, 15) is 9.18 Å². The van der Waals surface area contributed by atoms with E-state index in [1.54, 1.807) is 47.9 Å². The summed E-state index contributed by atoms with van der Waals surface area (Å²) in [6.45, 7) is 1.76. The molecule has 0 spiro atoms. The molecular weight excluding hydrogens is 498 g/mol. The zero-order chi connectivity index (χ0) is 24.1. The Bertz CT molecular complexity index is 1280. The molecule has 1 heterocycles. The minimum absolute atomic E-state index is 0.0671. The first-order chi connectivity index (χ1) is 16.4. The Balaban J connectivity index is 1.55. The molecule has 0 saturated carbocycles. The maximum absolute atomic E-state index is 14.1. The van der Waals surface area contributed by atoms with E-state index < -0.39 is 11.9 Å². The van der Waals surface area contributed by atoms with Crippen LogP contribution in [0, 0.1) is 5.82 Å². The van der Waals surface area contributed by atoms with E-state index >= 15 is 0 Å². The van der Waals surface area contributed by atoms with Crippen molar-refractivity contribution in [2.75, 3.05) is 11.1 Å². The molecule has 174 valence electrons. The van der Waals surface area contributed by atoms with Crippen LogP contribution < -0.4 is 10.1 Å². The van der Waals surface area contributed by atoms with Crippen molar-refractivity contribution in [1.29, 1.82) is 0 Å². The second kappa shape index (κ2) is 10.9. The SMILES string of the molecule is CC(Oc1ccccc1F)c1nnc(SCC(=O)Nc2cc(Cl)cc(Cl)c2)n1-c1ccccc1. The van der Waals surface area contributed by atoms with Gasteiger partial charge in [0.25, 0.3) is 0 Å². The monoisotopic (exact) mass is 516 g/mol. The molecule has 6 nitrogen and oxygen atoms in total. The van der Waals surface area contributed by atoms with Crippen molar-refractivity contribution < 1.29 is 13.9 Å². The van der Waals surface area contributed by atoms with Crippen LogP contribution in [-0.2, 0) is 4.79 Å². The molecule has 1 amide bonds. The number of halogens is 3. The van der Waals surface area contributed by atoms with Crippen LogP contribution in [0.4, 0.5) is 10.1 Å². The number of carbonyl (C=O) groups is 1. The number of para-hydroxylation sites is 2. The highest BCUT2D eigenvalue weighted by molar-refractivity contribution is 7.99. The summed E-state index contributed by atoms with van der Waals surface area (Å²) < 4.78 is 21.7. The van der Waals surface area contributed by atoms with E-state index in [0.717, 1.165) is 5.69 Å². The second-order valence-electron chi connectivity index (χ2n) is 7.20. The number of benzene rings is 3. The zero-order valence-electron chi connectivity index (χ0n) is 17.9. The highest BCUT2D eigenvalue weighted by Gasteiger charge is 2.22. The fourth-order valence-corrected chi connectivity index (χ4v) is 4.48. The molecule has 0 aliphatic heterocycles. The lowest BCUT2D eigenvalue weighted by Gasteiger charge is -2.17. The summed E-state index contributed by atoms with van der Waals surface area (Å²) in [5.41, 5.74) is 1.29. The van der Waals surface area contributed by atoms with Crippen LogP contribution in [0.3, 0.4) is 0 Å². The van der Waals surface area contributed by atoms with E-state index in [1.165, 1.54) is 17.8 Å². The molecule has 34 heavy (non-hydrogen) atoms. The van der Waals surface area contributed by atoms with Gasteiger partial charge in [-0.05, 0) is 49.4 Å². The normalized spacial score (nSPS) is 11.8. The summed E-state index contributed by atoms with van der Waals surface area (Å²) in [5, 5.41) is 12.7. The van der Waals surface area contributed by atoms with Gasteiger partial charge in [0, 0.05) is 21.4 Å². The standard InChI is InChI=1S/C24H19Cl2FN4O2S/c1-15(33-21-10-6-5-9-20(21)27)23-29-30-24(31(23)19-7-3-2-4-8-19)34-14-22(32)28-18-12-16(25)11-17(26)13-18/h2-13,15H,14H2,1H3,(H,28,32). The molecule has 1 atom stereocenters. The Morgan fingerprint density at radius 1 is 1.06 bits per heavy atom. The van der Waals surface area contributed by atoms with E-state index in [4.69, 9.17) is 27.9 Å². The average Bonchev–Trinajstić information content (AvgIpc) is 3.23. The van der Waals surface area contributed by atoms with Gasteiger partial charge in [0.1, 0.15) is 0 Å². The molecule has 1 N–H and O–H groups in total. The first kappa shape index (κ1) is 24.1. The van der Waals surface area contributed by atoms with Crippen LogP contribution in [0.15, 0.2) is 78.0 Å². The maximum atomic E-state index is 14.1. The fourth-order valence-electron chi connectivity index (χ4n) is 3.19. The summed E-state index contributed by atoms with van der Waals surface area (Å²) in [7, 11) is 0. The van der Waals surface area contributed by atoms with Crippen LogP contribution in [-0.4, -0.2) is 26.4 Å². The first-order valence-corrected chi connectivity index (χ1v) is 12.0. The summed E-state index contributed by atoms with van der Waals surface area (Å²) in [5.74, 6) is -0.0708. The van der Waals surface area contributed by atoms with Crippen LogP contribution in [0.2, 0.25) is 10.0 Å². The highest BCUT2D eigenvalue weighted by Crippen LogP contribution is 2.29. The molecule has 0 fully saturated rings. The van der Waals surface area contributed by atoms with Crippen molar-refractivity contribution in [3.63, 3.8) is 0 Å². The largest absolute Gasteiger partial charge is 0.480 e. The number of nitrogens with zero attached hydrogens (tertiary/aromatic N) is 3. The van der Waals surface area contributed by atoms with Crippen LogP contribution in [0.25, 0.3) is 5.69 Å². The van der Waals surface area contributed by atoms with E-state index in [0.29, 0.717) is 26.7 Å². The quantitative estimate of drug-likeness (QED) is 0.267. The van der Waals surface area contributed by atoms with Gasteiger partial charge in [-0.25, -0.2) is 4.39 Å². The van der Waals surface area contributed by atoms with E-state index in [1.807, 2.05) is 30.3 Å². The number of aromatic nitrogens is 3. The van der Waals surface area contributed by atoms with Gasteiger partial charge in [0.2, 0.25) is 5.91 Å². The molecule has 4 rings (SSSR count). The van der Waals surface area contributed by atoms with Crippen LogP contribution in [0.5, 0.6) is 5.75 Å². The molecule has 1 unspecified atom stereocenters. The van der Waals surface area contributed by atoms with Crippen LogP contribution >= 0.6 is 35.0 Å². The van der Waals surface area contributed by atoms with Crippen molar-refractivity contribution in [3.05, 3.63) is 94.5 Å². The lowest BCUT2D eigenvalue weighted by Crippen LogP contribution is -2.15. The highest BCUT2D eigenvalue weighted by atomic mass is 35.5. The van der Waals surface area contributed by atoms with Gasteiger partial charge in [-0.15, -0.1) is 10.2 Å². The third-order valence-corrected chi connectivity index (χ3v) is 6.02. The third kappa shape index (κ3) is 5.88. The third-order valence-electron chi connectivity index (χ3n) is 4.66. The van der Waals surface area contributed by atoms with Crippen molar-refractivity contribution in [2.45, 2.75) is 18.2 Å². The van der Waals surface area contributed by atoms with Gasteiger partial charge < -0.3 is 10.1 Å². The lowest BCUT2D eigenvalue weighted by atomic mass is 10.3. The van der Waals surface area contributed by atoms with Crippen molar-refractivity contribution in [1.82, 2.24) is 14.8 Å². The Morgan fingerprint density at radius 3 is 2.44 bits per heavy atom. The number of rotatable bonds is 8. The average molecular weight is 517 g/mol. The smallest absolute Gasteiger partial charge is 0.234 e. The summed E-state index contributed by atoms with van der Waals surface area (Å²) in [6.07, 6.45) is -0.610. The van der Waals surface area contributed by atoms with Crippen LogP contribution in [0.1, 0.15) is 18.9 Å². The Labute approximate surface area is 210 Å². The topological polar surface area (TPSA) is 69.0 Å². The number of ether oxygens (including phenoxy) is 1. The van der Waals surface area contributed by atoms with Gasteiger partial charge in [0.15, 0.2) is 28.7 Å². The number of hydrogen-bond donors (Lipinski definition) is 1. The Kier molecular flexibility index (Phi) is 7.72. The second-order valence-corrected chi connectivity index (χ2v) is 9.01. The maximum Gasteiger partial charge on any atom is 0.234 e. The van der Waals surface area contributed by atoms with Gasteiger partial charge in [0.05, 0.1) is 5.75 Å². The molecule has 0 radical (unpaired) electrons. The minimum Gasteiger partial charge on any atom is -0.480 e. The van der Waals surface area contributed by atoms with Gasteiger partial charge in [-0.3, -0.25) is 9.36 Å². The number of thioether (sulfide) groups is 1. The fraction of sp³-hybridized carbons (Fsp3) is 0.125. The minimum atomic E-state index is -0.610.